The number of ether oxygens (including phenoxy) is 2. The van der Waals surface area contributed by atoms with Gasteiger partial charge in [-0.1, -0.05) is 18.2 Å². The highest BCUT2D eigenvalue weighted by atomic mass is 19.1. The lowest BCUT2D eigenvalue weighted by Crippen LogP contribution is -2.20. The molecular weight excluding hydrogens is 461 g/mol. The molecule has 1 aromatic heterocycles. The van der Waals surface area contributed by atoms with Crippen molar-refractivity contribution in [3.8, 4) is 17.2 Å². The van der Waals surface area contributed by atoms with Crippen LogP contribution >= 0.6 is 0 Å². The Kier molecular flexibility index (Phi) is 7.43. The third-order valence-electron chi connectivity index (χ3n) is 5.19. The molecule has 36 heavy (non-hydrogen) atoms. The minimum Gasteiger partial charge on any atom is -0.494 e. The van der Waals surface area contributed by atoms with Crippen LogP contribution in [-0.2, 0) is 6.54 Å². The van der Waals surface area contributed by atoms with Crippen molar-refractivity contribution in [2.24, 2.45) is 5.73 Å². The van der Waals surface area contributed by atoms with Crippen molar-refractivity contribution in [2.45, 2.75) is 33.4 Å². The van der Waals surface area contributed by atoms with Crippen molar-refractivity contribution >= 4 is 17.2 Å². The van der Waals surface area contributed by atoms with E-state index in [1.54, 1.807) is 41.3 Å². The van der Waals surface area contributed by atoms with Gasteiger partial charge in [-0.3, -0.25) is 5.41 Å². The van der Waals surface area contributed by atoms with Gasteiger partial charge in [-0.15, -0.1) is 15.0 Å². The van der Waals surface area contributed by atoms with Gasteiger partial charge in [0, 0.05) is 23.4 Å². The number of hydrogen-bond donors (Lipinski definition) is 2. The smallest absolute Gasteiger partial charge is 0.194 e. The summed E-state index contributed by atoms with van der Waals surface area (Å²) in [6, 6.07) is 19.5. The van der Waals surface area contributed by atoms with E-state index >= 15 is 4.39 Å². The Morgan fingerprint density at radius 3 is 2.47 bits per heavy atom. The minimum absolute atomic E-state index is 0.0577. The molecule has 186 valence electrons. The zero-order valence-electron chi connectivity index (χ0n) is 20.4. The van der Waals surface area contributed by atoms with Crippen LogP contribution in [0.4, 0.5) is 15.8 Å². The maximum atomic E-state index is 15.8. The van der Waals surface area contributed by atoms with E-state index < -0.39 is 5.82 Å². The van der Waals surface area contributed by atoms with Gasteiger partial charge in [0.05, 0.1) is 30.6 Å². The molecule has 10 heteroatoms. The van der Waals surface area contributed by atoms with Crippen molar-refractivity contribution in [1.82, 2.24) is 20.2 Å². The number of rotatable bonds is 10. The fourth-order valence-electron chi connectivity index (χ4n) is 3.60. The van der Waals surface area contributed by atoms with E-state index in [1.807, 2.05) is 51.1 Å². The van der Waals surface area contributed by atoms with E-state index in [0.29, 0.717) is 29.4 Å². The molecule has 0 atom stereocenters. The van der Waals surface area contributed by atoms with E-state index in [4.69, 9.17) is 20.6 Å². The first-order valence-electron chi connectivity index (χ1n) is 11.5. The first-order chi connectivity index (χ1) is 17.4. The molecular formula is C26H28FN7O2. The number of nitrogens with two attached hydrogens (primary N) is 1. The number of benzene rings is 3. The molecule has 1 heterocycles. The maximum absolute atomic E-state index is 15.8. The topological polar surface area (TPSA) is 115 Å². The third-order valence-corrected chi connectivity index (χ3v) is 5.19. The monoisotopic (exact) mass is 489 g/mol. The number of halogens is 1. The minimum atomic E-state index is -0.543. The van der Waals surface area contributed by atoms with Crippen LogP contribution in [0.5, 0.6) is 11.5 Å². The summed E-state index contributed by atoms with van der Waals surface area (Å²) in [6.45, 7) is 6.04. The molecule has 9 nitrogen and oxygen atoms in total. The number of anilines is 2. The zero-order valence-corrected chi connectivity index (χ0v) is 20.4. The van der Waals surface area contributed by atoms with Crippen molar-refractivity contribution < 1.29 is 13.9 Å². The summed E-state index contributed by atoms with van der Waals surface area (Å²) in [5.41, 5.74) is 7.80. The van der Waals surface area contributed by atoms with Gasteiger partial charge in [0.25, 0.3) is 0 Å². The number of tetrazole rings is 1. The molecule has 4 rings (SSSR count). The van der Waals surface area contributed by atoms with Crippen LogP contribution in [0.15, 0.2) is 66.7 Å². The second-order valence-electron chi connectivity index (χ2n) is 8.23. The molecule has 0 radical (unpaired) electrons. The van der Waals surface area contributed by atoms with Gasteiger partial charge < -0.3 is 20.1 Å². The van der Waals surface area contributed by atoms with Gasteiger partial charge in [0.2, 0.25) is 0 Å². The van der Waals surface area contributed by atoms with Crippen LogP contribution in [0.3, 0.4) is 0 Å². The average Bonchev–Trinajstić information content (AvgIpc) is 3.34. The highest BCUT2D eigenvalue weighted by molar-refractivity contribution is 5.95. The molecule has 4 aromatic rings. The van der Waals surface area contributed by atoms with Crippen molar-refractivity contribution in [1.29, 1.82) is 5.41 Å². The number of para-hydroxylation sites is 1. The standard InChI is InChI=1S/C26H28FN7O2/c1-4-35-21-14-22(25(27)23(15-21)36-17(2)3)33(19-12-10-18(11-13-19)26(28)29)16-24-30-32-34(31-24)20-8-6-5-7-9-20/h5-15,17H,4,16H2,1-3H3,(H3,28,29). The summed E-state index contributed by atoms with van der Waals surface area (Å²) in [4.78, 5) is 3.13. The first-order valence-corrected chi connectivity index (χ1v) is 11.5. The van der Waals surface area contributed by atoms with Gasteiger partial charge in [-0.05, 0) is 62.4 Å². The average molecular weight is 490 g/mol. The lowest BCUT2D eigenvalue weighted by Gasteiger charge is -2.26. The summed E-state index contributed by atoms with van der Waals surface area (Å²) in [5, 5.41) is 20.5. The largest absolute Gasteiger partial charge is 0.494 e. The highest BCUT2D eigenvalue weighted by Gasteiger charge is 2.23. The maximum Gasteiger partial charge on any atom is 0.194 e. The molecule has 0 saturated heterocycles. The lowest BCUT2D eigenvalue weighted by atomic mass is 10.1. The van der Waals surface area contributed by atoms with E-state index in [-0.39, 0.29) is 29.9 Å². The fraction of sp³-hybridized carbons (Fsp3) is 0.231. The summed E-state index contributed by atoms with van der Waals surface area (Å²) in [7, 11) is 0. The van der Waals surface area contributed by atoms with Crippen LogP contribution in [0, 0.1) is 11.2 Å². The van der Waals surface area contributed by atoms with E-state index in [0.717, 1.165) is 5.69 Å². The number of nitrogen functional groups attached to an aromatic ring is 1. The molecule has 0 amide bonds. The van der Waals surface area contributed by atoms with Gasteiger partial charge in [-0.25, -0.2) is 4.39 Å². The molecule has 0 saturated carbocycles. The second-order valence-corrected chi connectivity index (χ2v) is 8.23. The Labute approximate surface area is 208 Å². The predicted octanol–water partition coefficient (Wildman–Crippen LogP) is 4.61. The van der Waals surface area contributed by atoms with E-state index in [2.05, 4.69) is 15.4 Å². The van der Waals surface area contributed by atoms with Gasteiger partial charge in [0.1, 0.15) is 11.6 Å². The molecule has 0 aliphatic heterocycles. The summed E-state index contributed by atoms with van der Waals surface area (Å²) in [6.07, 6.45) is -0.236. The number of aromatic nitrogens is 4. The summed E-state index contributed by atoms with van der Waals surface area (Å²) in [5.74, 6) is 0.325. The number of nitrogens with one attached hydrogen (secondary N) is 1. The van der Waals surface area contributed by atoms with Crippen LogP contribution in [0.1, 0.15) is 32.2 Å². The number of hydrogen-bond acceptors (Lipinski definition) is 7. The molecule has 0 spiro atoms. The zero-order chi connectivity index (χ0) is 25.7. The van der Waals surface area contributed by atoms with Gasteiger partial charge in [0.15, 0.2) is 17.4 Å². The van der Waals surface area contributed by atoms with E-state index in [1.165, 1.54) is 4.80 Å². The summed E-state index contributed by atoms with van der Waals surface area (Å²) >= 11 is 0. The van der Waals surface area contributed by atoms with E-state index in [9.17, 15) is 0 Å². The van der Waals surface area contributed by atoms with Crippen molar-refractivity contribution in [3.05, 3.63) is 83.9 Å². The normalized spacial score (nSPS) is 10.9. The van der Waals surface area contributed by atoms with Crippen molar-refractivity contribution in [3.63, 3.8) is 0 Å². The lowest BCUT2D eigenvalue weighted by molar-refractivity contribution is 0.229. The molecule has 3 aromatic carbocycles. The summed E-state index contributed by atoms with van der Waals surface area (Å²) < 4.78 is 27.3. The first kappa shape index (κ1) is 24.6. The van der Waals surface area contributed by atoms with Crippen LogP contribution in [-0.4, -0.2) is 38.8 Å². The Balaban J connectivity index is 1.79. The Bertz CT molecular complexity index is 1320. The van der Waals surface area contributed by atoms with Gasteiger partial charge >= 0.3 is 0 Å². The highest BCUT2D eigenvalue weighted by Crippen LogP contribution is 2.38. The molecule has 0 bridgehead atoms. The number of amidine groups is 1. The molecule has 0 aliphatic rings. The molecule has 0 fully saturated rings. The molecule has 0 unspecified atom stereocenters. The van der Waals surface area contributed by atoms with Crippen molar-refractivity contribution in [2.75, 3.05) is 11.5 Å². The Morgan fingerprint density at radius 2 is 1.83 bits per heavy atom. The van der Waals surface area contributed by atoms with Gasteiger partial charge in [-0.2, -0.15) is 0 Å². The number of nitrogens with zero attached hydrogens (tertiary/aromatic N) is 5. The SMILES string of the molecule is CCOc1cc(OC(C)C)c(F)c(N(Cc2nnn(-c3ccccc3)n2)c2ccc(C(=N)N)cc2)c1. The van der Waals surface area contributed by atoms with Crippen LogP contribution in [0.25, 0.3) is 5.69 Å². The Morgan fingerprint density at radius 1 is 1.11 bits per heavy atom. The Hall–Kier alpha value is -4.47. The third kappa shape index (κ3) is 5.60. The fourth-order valence-corrected chi connectivity index (χ4v) is 3.60. The molecule has 3 N–H and O–H groups in total. The second kappa shape index (κ2) is 10.9. The molecule has 0 aliphatic carbocycles. The van der Waals surface area contributed by atoms with Crippen LogP contribution in [0.2, 0.25) is 0 Å². The quantitative estimate of drug-likeness (QED) is 0.247. The predicted molar refractivity (Wildman–Crippen MR) is 136 cm³/mol. The van der Waals surface area contributed by atoms with Crippen LogP contribution < -0.4 is 20.1 Å².